The van der Waals surface area contributed by atoms with Crippen molar-refractivity contribution in [2.45, 2.75) is 167 Å². The van der Waals surface area contributed by atoms with Gasteiger partial charge in [0.15, 0.2) is 31.5 Å². The van der Waals surface area contributed by atoms with Gasteiger partial charge in [-0.3, -0.25) is 9.59 Å². The summed E-state index contributed by atoms with van der Waals surface area (Å²) < 4.78 is 50.5. The minimum atomic E-state index is -2.14. The van der Waals surface area contributed by atoms with Crippen LogP contribution in [0.15, 0.2) is 0 Å². The van der Waals surface area contributed by atoms with E-state index in [1.54, 1.807) is 0 Å². The second-order valence-corrected chi connectivity index (χ2v) is 15.4. The fourth-order valence-electron chi connectivity index (χ4n) is 7.85. The number of aliphatic hydroxyl groups excluding tert-OH is 15. The number of ether oxygens (including phenoxy) is 9. The van der Waals surface area contributed by atoms with E-state index >= 15 is 0 Å². The first-order valence-electron chi connectivity index (χ1n) is 19.6. The van der Waals surface area contributed by atoms with E-state index in [0.29, 0.717) is 0 Å². The van der Waals surface area contributed by atoms with Crippen molar-refractivity contribution in [3.63, 3.8) is 0 Å². The van der Waals surface area contributed by atoms with Gasteiger partial charge in [-0.25, -0.2) is 0 Å². The number of amides is 2. The molecule has 0 saturated carbocycles. The number of hydrogen-bond acceptors (Lipinski definition) is 26. The quantitative estimate of drug-likeness (QED) is 0.0725. The van der Waals surface area contributed by atoms with Gasteiger partial charge in [0.05, 0.1) is 33.0 Å². The van der Waals surface area contributed by atoms with Gasteiger partial charge in [-0.2, -0.15) is 0 Å². The SMILES string of the molecule is CC(=O)N[C@@H]1[C@@H](O)[C@H](O[C@@H]2O[C@H](CO)[C@@H](O[C@H]3O[C@H](CO)[C@@H](O[C@H]4O[C@H](CO)[C@@H](O[C@H]5O[C@H](CO)[C@@H](O)[C@H](O)[C@@H]5O)[C@H](O)[C@@H]4O)[C@H](O)[C@@H]3O)[C@H](O)[C@H]2NC(C)=O)[C@@H](CO)O[C@H]1O. The zero-order chi connectivity index (χ0) is 45.9. The standard InChI is InChI=1S/C34H58N2O26/c1-8(42)35-15-18(45)26(11(4-38)54-30(15)53)59-31-16(36-9(2)43)19(46)27(12(5-39)56-31)60-33-24(51)21(48)29(14(7-41)57-33)62-34-25(52)22(49)28(13(6-40)58-34)61-32-23(50)20(47)17(44)10(3-37)55-32/h10-34,37-41,44-53H,3-7H2,1-2H3,(H,35,42)(H,36,43)/t10-,11-,12-,13-,14-,15-,16-,17-,18-,19-,20+,21-,22-,23+,24+,25+,26-,27-,28-,29-,30-,31+,32-,33-,34-/m1/s1. The fourth-order valence-corrected chi connectivity index (χ4v) is 7.85. The molecule has 5 rings (SSSR count). The number of hydrogen-bond donors (Lipinski definition) is 17. The van der Waals surface area contributed by atoms with Crippen molar-refractivity contribution in [1.29, 1.82) is 0 Å². The topological polar surface area (TPSA) is 445 Å². The van der Waals surface area contributed by atoms with Crippen molar-refractivity contribution in [2.75, 3.05) is 33.0 Å². The molecule has 5 saturated heterocycles. The maximum absolute atomic E-state index is 12.3. The van der Waals surface area contributed by atoms with Crippen LogP contribution in [0.4, 0.5) is 0 Å². The van der Waals surface area contributed by atoms with Crippen LogP contribution in [-0.2, 0) is 52.2 Å². The lowest BCUT2D eigenvalue weighted by atomic mass is 9.94. The third-order valence-corrected chi connectivity index (χ3v) is 11.1. The Balaban J connectivity index is 1.28. The van der Waals surface area contributed by atoms with E-state index in [2.05, 4.69) is 10.6 Å². The van der Waals surface area contributed by atoms with Crippen LogP contribution in [0, 0.1) is 0 Å². The van der Waals surface area contributed by atoms with Gasteiger partial charge in [0, 0.05) is 13.8 Å². The second-order valence-electron chi connectivity index (χ2n) is 15.4. The minimum absolute atomic E-state index is 0.678. The maximum atomic E-state index is 12.3. The molecular weight excluding hydrogens is 852 g/mol. The molecule has 5 aliphatic rings. The van der Waals surface area contributed by atoms with Crippen molar-refractivity contribution in [1.82, 2.24) is 10.6 Å². The van der Waals surface area contributed by atoms with Gasteiger partial charge < -0.3 is 130 Å². The fraction of sp³-hybridized carbons (Fsp3) is 0.941. The summed E-state index contributed by atoms with van der Waals surface area (Å²) in [6, 6.07) is -3.11. The van der Waals surface area contributed by atoms with Gasteiger partial charge >= 0.3 is 0 Å². The molecule has 360 valence electrons. The summed E-state index contributed by atoms with van der Waals surface area (Å²) in [5.41, 5.74) is 0. The van der Waals surface area contributed by atoms with Crippen molar-refractivity contribution >= 4 is 11.8 Å². The van der Waals surface area contributed by atoms with Gasteiger partial charge in [0.2, 0.25) is 11.8 Å². The average molecular weight is 911 g/mol. The Morgan fingerprint density at radius 2 is 0.694 bits per heavy atom. The number of nitrogens with one attached hydrogen (secondary N) is 2. The third kappa shape index (κ3) is 10.8. The smallest absolute Gasteiger partial charge is 0.217 e. The third-order valence-electron chi connectivity index (χ3n) is 11.1. The zero-order valence-corrected chi connectivity index (χ0v) is 33.2. The van der Waals surface area contributed by atoms with Crippen LogP contribution >= 0.6 is 0 Å². The molecule has 5 aliphatic heterocycles. The molecule has 2 amide bonds. The summed E-state index contributed by atoms with van der Waals surface area (Å²) in [6.45, 7) is -2.41. The number of carbonyl (C=O) groups is 2. The van der Waals surface area contributed by atoms with E-state index in [0.717, 1.165) is 13.8 Å². The van der Waals surface area contributed by atoms with Gasteiger partial charge in [0.25, 0.3) is 0 Å². The molecule has 28 heteroatoms. The van der Waals surface area contributed by atoms with E-state index < -0.39 is 198 Å². The van der Waals surface area contributed by atoms with E-state index in [9.17, 15) is 86.2 Å². The molecule has 0 bridgehead atoms. The molecule has 0 aromatic rings. The van der Waals surface area contributed by atoms with E-state index in [4.69, 9.17) is 42.6 Å². The summed E-state index contributed by atoms with van der Waals surface area (Å²) in [5, 5.41) is 163. The highest BCUT2D eigenvalue weighted by Gasteiger charge is 2.56. The highest BCUT2D eigenvalue weighted by Crippen LogP contribution is 2.35. The van der Waals surface area contributed by atoms with Gasteiger partial charge in [-0.05, 0) is 0 Å². The molecule has 62 heavy (non-hydrogen) atoms. The van der Waals surface area contributed by atoms with Crippen LogP contribution in [0.1, 0.15) is 13.8 Å². The first-order chi connectivity index (χ1) is 29.3. The summed E-state index contributed by atoms with van der Waals surface area (Å²) in [4.78, 5) is 24.0. The Kier molecular flexibility index (Phi) is 18.1. The van der Waals surface area contributed by atoms with Crippen molar-refractivity contribution in [2.24, 2.45) is 0 Å². The lowest BCUT2D eigenvalue weighted by molar-refractivity contribution is -0.388. The molecule has 0 aromatic carbocycles. The van der Waals surface area contributed by atoms with Gasteiger partial charge in [-0.15, -0.1) is 0 Å². The first kappa shape index (κ1) is 51.0. The first-order valence-corrected chi connectivity index (χ1v) is 19.6. The Hall–Kier alpha value is -2.02. The number of aliphatic hydroxyl groups is 15. The second kappa shape index (κ2) is 22.0. The summed E-state index contributed by atoms with van der Waals surface area (Å²) in [7, 11) is 0. The molecule has 0 radical (unpaired) electrons. The lowest BCUT2D eigenvalue weighted by Gasteiger charge is -2.50. The van der Waals surface area contributed by atoms with Crippen LogP contribution in [0.25, 0.3) is 0 Å². The minimum Gasteiger partial charge on any atom is -0.394 e. The summed E-state index contributed by atoms with van der Waals surface area (Å²) in [5.74, 6) is -1.45. The highest BCUT2D eigenvalue weighted by molar-refractivity contribution is 5.73. The molecule has 28 nitrogen and oxygen atoms in total. The summed E-state index contributed by atoms with van der Waals surface area (Å²) in [6.07, 6.45) is -41.6. The Bertz CT molecular complexity index is 1440. The van der Waals surface area contributed by atoms with Crippen molar-refractivity contribution < 1.29 is 129 Å². The maximum Gasteiger partial charge on any atom is 0.217 e. The average Bonchev–Trinajstić information content (AvgIpc) is 3.24. The van der Waals surface area contributed by atoms with E-state index in [1.807, 2.05) is 0 Å². The van der Waals surface area contributed by atoms with Crippen LogP contribution in [0.2, 0.25) is 0 Å². The summed E-state index contributed by atoms with van der Waals surface area (Å²) >= 11 is 0. The predicted octanol–water partition coefficient (Wildman–Crippen LogP) is -11.6. The van der Waals surface area contributed by atoms with Crippen molar-refractivity contribution in [3.8, 4) is 0 Å². The van der Waals surface area contributed by atoms with Crippen molar-refractivity contribution in [3.05, 3.63) is 0 Å². The molecule has 25 atom stereocenters. The molecule has 5 heterocycles. The van der Waals surface area contributed by atoms with E-state index in [1.165, 1.54) is 0 Å². The Morgan fingerprint density at radius 3 is 1.10 bits per heavy atom. The number of rotatable bonds is 15. The normalized spacial score (nSPS) is 49.0. The van der Waals surface area contributed by atoms with Crippen LogP contribution in [-0.4, -0.2) is 275 Å². The van der Waals surface area contributed by atoms with Crippen LogP contribution < -0.4 is 10.6 Å². The lowest BCUT2D eigenvalue weighted by Crippen LogP contribution is -2.70. The highest BCUT2D eigenvalue weighted by atomic mass is 16.8. The van der Waals surface area contributed by atoms with Gasteiger partial charge in [-0.1, -0.05) is 0 Å². The van der Waals surface area contributed by atoms with E-state index in [-0.39, 0.29) is 0 Å². The molecule has 5 fully saturated rings. The molecule has 0 spiro atoms. The largest absolute Gasteiger partial charge is 0.394 e. The predicted molar refractivity (Wildman–Crippen MR) is 190 cm³/mol. The zero-order valence-electron chi connectivity index (χ0n) is 33.2. The van der Waals surface area contributed by atoms with Crippen LogP contribution in [0.5, 0.6) is 0 Å². The Morgan fingerprint density at radius 1 is 0.387 bits per heavy atom. The van der Waals surface area contributed by atoms with Gasteiger partial charge in [0.1, 0.15) is 122 Å². The molecular formula is C34H58N2O26. The molecule has 0 aromatic heterocycles. The molecule has 0 aliphatic carbocycles. The molecule has 17 N–H and O–H groups in total. The monoisotopic (exact) mass is 910 g/mol. The Labute approximate surface area is 351 Å². The number of carbonyl (C=O) groups excluding carboxylic acids is 2. The van der Waals surface area contributed by atoms with Crippen LogP contribution in [0.3, 0.4) is 0 Å². The molecule has 0 unspecified atom stereocenters.